The van der Waals surface area contributed by atoms with Gasteiger partial charge < -0.3 is 5.32 Å². The van der Waals surface area contributed by atoms with Gasteiger partial charge in [-0.3, -0.25) is 0 Å². The van der Waals surface area contributed by atoms with E-state index in [2.05, 4.69) is 206 Å². The van der Waals surface area contributed by atoms with Crippen LogP contribution in [0.2, 0.25) is 0 Å². The molecule has 7 aromatic carbocycles. The van der Waals surface area contributed by atoms with Crippen LogP contribution >= 0.6 is 0 Å². The molecule has 2 atom stereocenters. The number of allylic oxidation sites excluding steroid dienone is 1. The second-order valence-electron chi connectivity index (χ2n) is 20.0. The molecule has 0 aromatic heterocycles. The van der Waals surface area contributed by atoms with E-state index in [1.807, 2.05) is 0 Å². The Balaban J connectivity index is 1.23. The maximum atomic E-state index is 3.98. The van der Waals surface area contributed by atoms with Crippen molar-refractivity contribution in [3.63, 3.8) is 0 Å². The molecule has 3 aliphatic rings. The Morgan fingerprint density at radius 2 is 1.16 bits per heavy atom. The summed E-state index contributed by atoms with van der Waals surface area (Å²) in [5, 5.41) is 3.98. The predicted octanol–water partition coefficient (Wildman–Crippen LogP) is 14.3. The number of fused-ring (bicyclic) bond motifs is 4. The topological polar surface area (TPSA) is 12.0 Å². The lowest BCUT2D eigenvalue weighted by Crippen LogP contribution is -2.50. The fraction of sp³-hybridized carbons (Fsp3) is 0.254. The molecule has 7 aromatic rings. The zero-order valence-corrected chi connectivity index (χ0v) is 37.4. The molecule has 1 heterocycles. The Kier molecular flexibility index (Phi) is 9.44. The number of nitrogens with one attached hydrogen (secondary N) is 1. The van der Waals surface area contributed by atoms with E-state index >= 15 is 0 Å². The summed E-state index contributed by atoms with van der Waals surface area (Å²) >= 11 is 0. The van der Waals surface area contributed by atoms with Crippen molar-refractivity contribution in [1.82, 2.24) is 0 Å². The van der Waals surface area contributed by atoms with Gasteiger partial charge in [0, 0.05) is 22.4 Å². The lowest BCUT2D eigenvalue weighted by atomic mass is 9.45. The van der Waals surface area contributed by atoms with Crippen molar-refractivity contribution in [3.05, 3.63) is 185 Å². The molecule has 0 amide bonds. The zero-order chi connectivity index (χ0) is 42.3. The van der Waals surface area contributed by atoms with Crippen molar-refractivity contribution < 1.29 is 0 Å². The highest BCUT2D eigenvalue weighted by Gasteiger charge is 2.51. The summed E-state index contributed by atoms with van der Waals surface area (Å²) in [5.74, 6) is 0. The average molecular weight is 792 g/mol. The van der Waals surface area contributed by atoms with Crippen LogP contribution in [0.1, 0.15) is 99.2 Å². The lowest BCUT2D eigenvalue weighted by Gasteiger charge is -2.54. The molecule has 2 aliphatic carbocycles. The van der Waals surface area contributed by atoms with Gasteiger partial charge in [-0.2, -0.15) is 0 Å². The number of rotatable bonds is 6. The van der Waals surface area contributed by atoms with Crippen LogP contribution < -0.4 is 16.2 Å². The van der Waals surface area contributed by atoms with E-state index < -0.39 is 0 Å². The van der Waals surface area contributed by atoms with Gasteiger partial charge in [0.05, 0.1) is 0 Å². The van der Waals surface area contributed by atoms with E-state index in [4.69, 9.17) is 0 Å². The van der Waals surface area contributed by atoms with E-state index in [9.17, 15) is 0 Å². The number of hydrogen-bond donors (Lipinski definition) is 1. The normalized spacial score (nSPS) is 18.9. The summed E-state index contributed by atoms with van der Waals surface area (Å²) in [5.41, 5.74) is 26.7. The van der Waals surface area contributed by atoms with Crippen LogP contribution in [0.5, 0.6) is 0 Å². The third kappa shape index (κ3) is 6.71. The number of anilines is 2. The van der Waals surface area contributed by atoms with Gasteiger partial charge in [0.1, 0.15) is 0 Å². The molecule has 2 unspecified atom stereocenters. The first-order chi connectivity index (χ1) is 29.3. The standard InChI is InChI=1S/C59H58BN/c1-37-29-38(2)54(39(3)30-37)44-31-48(47-26-23-43(41-19-13-10-14-20-41)33-53(47)61-46-24-21-42(22-25-46)40-17-11-9-12-18-40)56-49(32-44)50-36-58(7)27-15-16-28-59(58,8)51-34-45(57(4,5)6)35-52(60-56)55(50)51/h9-14,17-26,29-36,60-61H,15-16,27-28H2,1-8H3. The second-order valence-corrected chi connectivity index (χ2v) is 20.0. The van der Waals surface area contributed by atoms with Crippen LogP contribution in [0.15, 0.2) is 146 Å². The molecule has 0 bridgehead atoms. The molecular weight excluding hydrogens is 733 g/mol. The summed E-state index contributed by atoms with van der Waals surface area (Å²) in [6.07, 6.45) is 7.79. The molecule has 1 aliphatic heterocycles. The number of hydrogen-bond acceptors (Lipinski definition) is 1. The molecular formula is C59H58BN. The predicted molar refractivity (Wildman–Crippen MR) is 265 cm³/mol. The molecule has 1 N–H and O–H groups in total. The van der Waals surface area contributed by atoms with Gasteiger partial charge >= 0.3 is 0 Å². The zero-order valence-electron chi connectivity index (χ0n) is 37.4. The Morgan fingerprint density at radius 1 is 0.557 bits per heavy atom. The second kappa shape index (κ2) is 14.7. The number of aryl methyl sites for hydroxylation is 3. The highest BCUT2D eigenvalue weighted by Crippen LogP contribution is 2.59. The molecule has 302 valence electrons. The molecule has 1 saturated carbocycles. The quantitative estimate of drug-likeness (QED) is 0.165. The molecule has 1 fully saturated rings. The molecule has 2 heteroatoms. The van der Waals surface area contributed by atoms with Crippen molar-refractivity contribution in [2.75, 3.05) is 5.32 Å². The summed E-state index contributed by atoms with van der Waals surface area (Å²) in [6, 6.07) is 52.5. The summed E-state index contributed by atoms with van der Waals surface area (Å²) in [6.45, 7) is 19.2. The van der Waals surface area contributed by atoms with Gasteiger partial charge in [-0.25, -0.2) is 0 Å². The van der Waals surface area contributed by atoms with E-state index in [0.717, 1.165) is 18.7 Å². The third-order valence-corrected chi connectivity index (χ3v) is 14.9. The first-order valence-electron chi connectivity index (χ1n) is 22.6. The molecule has 0 radical (unpaired) electrons. The van der Waals surface area contributed by atoms with E-state index in [-0.39, 0.29) is 16.2 Å². The van der Waals surface area contributed by atoms with Crippen LogP contribution in [-0.4, -0.2) is 7.28 Å². The van der Waals surface area contributed by atoms with Crippen LogP contribution in [0.25, 0.3) is 50.1 Å². The minimum Gasteiger partial charge on any atom is -0.355 e. The monoisotopic (exact) mass is 791 g/mol. The fourth-order valence-electron chi connectivity index (χ4n) is 11.4. The maximum Gasteiger partial charge on any atom is 0.194 e. The minimum atomic E-state index is 0.0438. The van der Waals surface area contributed by atoms with Gasteiger partial charge in [0.25, 0.3) is 0 Å². The maximum absolute atomic E-state index is 3.98. The van der Waals surface area contributed by atoms with Crippen LogP contribution in [0.4, 0.5) is 11.4 Å². The Morgan fingerprint density at radius 3 is 1.84 bits per heavy atom. The average Bonchev–Trinajstić information content (AvgIpc) is 3.24. The van der Waals surface area contributed by atoms with Crippen molar-refractivity contribution in [1.29, 1.82) is 0 Å². The lowest BCUT2D eigenvalue weighted by molar-refractivity contribution is 0.138. The first-order valence-corrected chi connectivity index (χ1v) is 22.6. The van der Waals surface area contributed by atoms with Gasteiger partial charge in [-0.05, 0) is 153 Å². The SMILES string of the molecule is Cc1cc(C)c(-c2cc3c(c(-c4ccc(-c5ccccc5)cc4Nc4ccc(-c5ccccc5)cc4)c2)Bc2cc(C(C)(C)C)cc4c2C3=CC2(C)CCCCC42C)c(C)c1. The van der Waals surface area contributed by atoms with Gasteiger partial charge in [-0.15, -0.1) is 0 Å². The molecule has 1 nitrogen and oxygen atoms in total. The number of benzene rings is 7. The Labute approximate surface area is 365 Å². The van der Waals surface area contributed by atoms with E-state index in [1.54, 1.807) is 5.56 Å². The van der Waals surface area contributed by atoms with Crippen LogP contribution in [0, 0.1) is 26.2 Å². The Hall–Kier alpha value is -5.86. The summed E-state index contributed by atoms with van der Waals surface area (Å²) in [4.78, 5) is 0. The first kappa shape index (κ1) is 39.3. The van der Waals surface area contributed by atoms with Gasteiger partial charge in [-0.1, -0.05) is 179 Å². The van der Waals surface area contributed by atoms with Crippen LogP contribution in [-0.2, 0) is 10.8 Å². The van der Waals surface area contributed by atoms with Crippen molar-refractivity contribution in [2.45, 2.75) is 91.9 Å². The van der Waals surface area contributed by atoms with Crippen LogP contribution in [0.3, 0.4) is 0 Å². The largest absolute Gasteiger partial charge is 0.355 e. The van der Waals surface area contributed by atoms with E-state index in [0.29, 0.717) is 0 Å². The molecule has 10 rings (SSSR count). The van der Waals surface area contributed by atoms with Crippen molar-refractivity contribution in [3.8, 4) is 44.5 Å². The summed E-state index contributed by atoms with van der Waals surface area (Å²) < 4.78 is 0. The molecule has 0 spiro atoms. The highest BCUT2D eigenvalue weighted by atomic mass is 14.9. The fourth-order valence-corrected chi connectivity index (χ4v) is 11.4. The third-order valence-electron chi connectivity index (χ3n) is 14.9. The van der Waals surface area contributed by atoms with Gasteiger partial charge in [0.2, 0.25) is 0 Å². The minimum absolute atomic E-state index is 0.0438. The Bertz CT molecular complexity index is 2850. The van der Waals surface area contributed by atoms with Crippen molar-refractivity contribution in [2.24, 2.45) is 5.41 Å². The van der Waals surface area contributed by atoms with Gasteiger partial charge in [0.15, 0.2) is 7.28 Å². The molecule has 61 heavy (non-hydrogen) atoms. The van der Waals surface area contributed by atoms with Crippen molar-refractivity contribution >= 4 is 35.2 Å². The smallest absolute Gasteiger partial charge is 0.194 e. The highest BCUT2D eigenvalue weighted by molar-refractivity contribution is 6.72. The molecule has 0 saturated heterocycles. The van der Waals surface area contributed by atoms with E-state index in [1.165, 1.54) is 120 Å². The summed E-state index contributed by atoms with van der Waals surface area (Å²) in [7, 11) is 0.902.